The molecule has 2 N–H and O–H groups in total. The molecule has 5 nitrogen and oxygen atoms in total. The molecule has 0 unspecified atom stereocenters. The number of benzene rings is 1. The van der Waals surface area contributed by atoms with E-state index in [0.29, 0.717) is 25.1 Å². The molecule has 5 heteroatoms. The maximum atomic E-state index is 11.4. The fourth-order valence-electron chi connectivity index (χ4n) is 1.63. The predicted octanol–water partition coefficient (Wildman–Crippen LogP) is 0.605. The van der Waals surface area contributed by atoms with Gasteiger partial charge in [0.2, 0.25) is 5.91 Å². The van der Waals surface area contributed by atoms with Crippen molar-refractivity contribution in [3.8, 4) is 0 Å². The molecule has 18 heavy (non-hydrogen) atoms. The molecule has 0 saturated carbocycles. The van der Waals surface area contributed by atoms with Gasteiger partial charge in [0.15, 0.2) is 0 Å². The Morgan fingerprint density at radius 3 is 2.56 bits per heavy atom. The first-order valence-electron chi connectivity index (χ1n) is 5.73. The van der Waals surface area contributed by atoms with Gasteiger partial charge in [-0.2, -0.15) is 0 Å². The molecule has 0 spiro atoms. The molecule has 0 bridgehead atoms. The normalized spacial score (nSPS) is 10.4. The van der Waals surface area contributed by atoms with Gasteiger partial charge in [0.1, 0.15) is 0 Å². The molecule has 98 valence electrons. The van der Waals surface area contributed by atoms with E-state index in [-0.39, 0.29) is 5.91 Å². The third-order valence-corrected chi connectivity index (χ3v) is 2.42. The zero-order valence-corrected chi connectivity index (χ0v) is 10.6. The standard InChI is InChI=1S/C13H18N2O3/c1-15(2)9-12(16)14-8-7-10-5-3-4-6-11(10)13(17)18/h3-6H,7-9H2,1-2H3,(H,14,16)(H,17,18). The van der Waals surface area contributed by atoms with Gasteiger partial charge in [-0.25, -0.2) is 4.79 Å². The highest BCUT2D eigenvalue weighted by Gasteiger charge is 2.09. The van der Waals surface area contributed by atoms with Crippen LogP contribution < -0.4 is 5.32 Å². The monoisotopic (exact) mass is 250 g/mol. The van der Waals surface area contributed by atoms with Crippen LogP contribution in [0.25, 0.3) is 0 Å². The van der Waals surface area contributed by atoms with Crippen LogP contribution in [-0.4, -0.2) is 49.1 Å². The zero-order chi connectivity index (χ0) is 13.5. The van der Waals surface area contributed by atoms with E-state index < -0.39 is 5.97 Å². The van der Waals surface area contributed by atoms with Crippen LogP contribution in [0.15, 0.2) is 24.3 Å². The van der Waals surface area contributed by atoms with Gasteiger partial charge in [0.25, 0.3) is 0 Å². The fraction of sp³-hybridized carbons (Fsp3) is 0.385. The van der Waals surface area contributed by atoms with Gasteiger partial charge in [0.05, 0.1) is 12.1 Å². The zero-order valence-electron chi connectivity index (χ0n) is 10.6. The third kappa shape index (κ3) is 4.55. The topological polar surface area (TPSA) is 69.6 Å². The molecule has 1 aromatic carbocycles. The number of amides is 1. The lowest BCUT2D eigenvalue weighted by Crippen LogP contribution is -2.34. The van der Waals surface area contributed by atoms with Gasteiger partial charge in [-0.1, -0.05) is 18.2 Å². The molecule has 0 aliphatic heterocycles. The van der Waals surface area contributed by atoms with Gasteiger partial charge in [-0.05, 0) is 32.1 Å². The van der Waals surface area contributed by atoms with Crippen molar-refractivity contribution in [1.29, 1.82) is 0 Å². The molecule has 0 aliphatic rings. The first-order chi connectivity index (χ1) is 8.50. The molecule has 0 heterocycles. The summed E-state index contributed by atoms with van der Waals surface area (Å²) in [7, 11) is 3.64. The number of hydrogen-bond donors (Lipinski definition) is 2. The highest BCUT2D eigenvalue weighted by atomic mass is 16.4. The fourth-order valence-corrected chi connectivity index (χ4v) is 1.63. The van der Waals surface area contributed by atoms with Crippen LogP contribution in [0, 0.1) is 0 Å². The van der Waals surface area contributed by atoms with Crippen molar-refractivity contribution in [3.05, 3.63) is 35.4 Å². The molecule has 1 amide bonds. The van der Waals surface area contributed by atoms with E-state index in [0.717, 1.165) is 5.56 Å². The van der Waals surface area contributed by atoms with Crippen molar-refractivity contribution in [3.63, 3.8) is 0 Å². The van der Waals surface area contributed by atoms with E-state index >= 15 is 0 Å². The lowest BCUT2D eigenvalue weighted by atomic mass is 10.0. The highest BCUT2D eigenvalue weighted by molar-refractivity contribution is 5.89. The van der Waals surface area contributed by atoms with Crippen molar-refractivity contribution < 1.29 is 14.7 Å². The summed E-state index contributed by atoms with van der Waals surface area (Å²) < 4.78 is 0. The Bertz CT molecular complexity index is 430. The first kappa shape index (κ1) is 14.2. The summed E-state index contributed by atoms with van der Waals surface area (Å²) in [6, 6.07) is 6.82. The second-order valence-corrected chi connectivity index (χ2v) is 4.30. The van der Waals surface area contributed by atoms with Crippen molar-refractivity contribution in [2.75, 3.05) is 27.2 Å². The Hall–Kier alpha value is -1.88. The van der Waals surface area contributed by atoms with Crippen molar-refractivity contribution >= 4 is 11.9 Å². The maximum Gasteiger partial charge on any atom is 0.335 e. The Morgan fingerprint density at radius 2 is 1.94 bits per heavy atom. The number of rotatable bonds is 6. The molecular weight excluding hydrogens is 232 g/mol. The molecule has 1 aromatic rings. The number of nitrogens with zero attached hydrogens (tertiary/aromatic N) is 1. The molecule has 0 aromatic heterocycles. The van der Waals surface area contributed by atoms with Gasteiger partial charge in [-0.15, -0.1) is 0 Å². The van der Waals surface area contributed by atoms with Crippen LogP contribution in [0.1, 0.15) is 15.9 Å². The van der Waals surface area contributed by atoms with Crippen LogP contribution in [0.5, 0.6) is 0 Å². The molecule has 0 fully saturated rings. The highest BCUT2D eigenvalue weighted by Crippen LogP contribution is 2.08. The molecular formula is C13H18N2O3. The van der Waals surface area contributed by atoms with Crippen molar-refractivity contribution in [1.82, 2.24) is 10.2 Å². The largest absolute Gasteiger partial charge is 0.478 e. The molecule has 0 saturated heterocycles. The van der Waals surface area contributed by atoms with Gasteiger partial charge in [-0.3, -0.25) is 4.79 Å². The Morgan fingerprint density at radius 1 is 1.28 bits per heavy atom. The van der Waals surface area contributed by atoms with E-state index in [1.165, 1.54) is 0 Å². The van der Waals surface area contributed by atoms with E-state index in [2.05, 4.69) is 5.32 Å². The second-order valence-electron chi connectivity index (χ2n) is 4.30. The van der Waals surface area contributed by atoms with E-state index in [4.69, 9.17) is 5.11 Å². The molecule has 1 rings (SSSR count). The minimum Gasteiger partial charge on any atom is -0.478 e. The van der Waals surface area contributed by atoms with Crippen LogP contribution in [0.2, 0.25) is 0 Å². The first-order valence-corrected chi connectivity index (χ1v) is 5.73. The van der Waals surface area contributed by atoms with Crippen LogP contribution in [0.4, 0.5) is 0 Å². The number of carboxylic acid groups (broad SMARTS) is 1. The lowest BCUT2D eigenvalue weighted by Gasteiger charge is -2.10. The van der Waals surface area contributed by atoms with Gasteiger partial charge < -0.3 is 15.3 Å². The number of carbonyl (C=O) groups is 2. The predicted molar refractivity (Wildman–Crippen MR) is 68.7 cm³/mol. The summed E-state index contributed by atoms with van der Waals surface area (Å²) in [6.07, 6.45) is 0.516. The quantitative estimate of drug-likeness (QED) is 0.776. The Kier molecular flexibility index (Phi) is 5.32. The summed E-state index contributed by atoms with van der Waals surface area (Å²) >= 11 is 0. The number of carbonyl (C=O) groups excluding carboxylic acids is 1. The van der Waals surface area contributed by atoms with Crippen LogP contribution in [0.3, 0.4) is 0 Å². The van der Waals surface area contributed by atoms with Crippen LogP contribution >= 0.6 is 0 Å². The van der Waals surface area contributed by atoms with Gasteiger partial charge in [0, 0.05) is 6.54 Å². The summed E-state index contributed by atoms with van der Waals surface area (Å²) in [6.45, 7) is 0.775. The van der Waals surface area contributed by atoms with Crippen molar-refractivity contribution in [2.45, 2.75) is 6.42 Å². The number of hydrogen-bond acceptors (Lipinski definition) is 3. The number of nitrogens with one attached hydrogen (secondary N) is 1. The van der Waals surface area contributed by atoms with E-state index in [1.807, 2.05) is 14.1 Å². The van der Waals surface area contributed by atoms with E-state index in [1.54, 1.807) is 29.2 Å². The summed E-state index contributed by atoms with van der Waals surface area (Å²) in [4.78, 5) is 24.1. The average molecular weight is 250 g/mol. The maximum absolute atomic E-state index is 11.4. The lowest BCUT2D eigenvalue weighted by molar-refractivity contribution is -0.121. The minimum absolute atomic E-state index is 0.0622. The number of likely N-dealkylation sites (N-methyl/N-ethyl adjacent to an activating group) is 1. The molecule has 0 atom stereocenters. The van der Waals surface area contributed by atoms with Crippen molar-refractivity contribution in [2.24, 2.45) is 0 Å². The van der Waals surface area contributed by atoms with Gasteiger partial charge >= 0.3 is 5.97 Å². The van der Waals surface area contributed by atoms with E-state index in [9.17, 15) is 9.59 Å². The number of aromatic carboxylic acids is 1. The summed E-state index contributed by atoms with van der Waals surface area (Å²) in [5.74, 6) is -1.00. The molecule has 0 aliphatic carbocycles. The SMILES string of the molecule is CN(C)CC(=O)NCCc1ccccc1C(=O)O. The Labute approximate surface area is 106 Å². The smallest absolute Gasteiger partial charge is 0.335 e. The summed E-state index contributed by atoms with van der Waals surface area (Å²) in [5.41, 5.74) is 1.02. The average Bonchev–Trinajstić information content (AvgIpc) is 2.28. The van der Waals surface area contributed by atoms with Crippen LogP contribution in [-0.2, 0) is 11.2 Å². The second kappa shape index (κ2) is 6.76. The number of carboxylic acids is 1. The summed E-state index contributed by atoms with van der Waals surface area (Å²) in [5, 5.41) is 11.8. The minimum atomic E-state index is -0.940. The molecule has 0 radical (unpaired) electrons. The Balaban J connectivity index is 2.49. The third-order valence-electron chi connectivity index (χ3n) is 2.42.